The predicted octanol–water partition coefficient (Wildman–Crippen LogP) is 3.66. The summed E-state index contributed by atoms with van der Waals surface area (Å²) < 4.78 is 38.4. The summed E-state index contributed by atoms with van der Waals surface area (Å²) >= 11 is 0. The topological polar surface area (TPSA) is 62.1 Å². The van der Waals surface area contributed by atoms with Crippen LogP contribution in [0.15, 0.2) is 53.1 Å². The van der Waals surface area contributed by atoms with Crippen LogP contribution in [0.2, 0.25) is 0 Å². The molecule has 1 amide bonds. The second-order valence-corrected chi connectivity index (χ2v) is 8.34. The third-order valence-corrected chi connectivity index (χ3v) is 5.95. The largest absolute Gasteiger partial charge is 0.383 e. The maximum atomic E-state index is 13.8. The van der Waals surface area contributed by atoms with E-state index in [-0.39, 0.29) is 23.8 Å². The normalized spacial score (nSPS) is 14.4. The molecule has 0 radical (unpaired) electrons. The molecular weight excluding hydrogens is 442 g/mol. The van der Waals surface area contributed by atoms with E-state index in [1.807, 2.05) is 0 Å². The van der Waals surface area contributed by atoms with Crippen molar-refractivity contribution >= 4 is 11.8 Å². The van der Waals surface area contributed by atoms with Crippen molar-refractivity contribution in [1.29, 1.82) is 0 Å². The number of ether oxygens (including phenoxy) is 1. The number of halogens is 2. The quantitative estimate of drug-likeness (QED) is 0.501. The molecule has 3 aromatic rings. The average molecular weight is 471 g/mol. The monoisotopic (exact) mass is 470 g/mol. The minimum absolute atomic E-state index is 0.177. The Hall–Kier alpha value is -3.30. The number of aromatic nitrogens is 1. The summed E-state index contributed by atoms with van der Waals surface area (Å²) in [6.07, 6.45) is 0. The van der Waals surface area contributed by atoms with Crippen molar-refractivity contribution < 1.29 is 22.8 Å². The van der Waals surface area contributed by atoms with Gasteiger partial charge in [-0.1, -0.05) is 11.2 Å². The third-order valence-electron chi connectivity index (χ3n) is 5.95. The summed E-state index contributed by atoms with van der Waals surface area (Å²) in [5.41, 5.74) is 2.20. The Bertz CT molecular complexity index is 1110. The van der Waals surface area contributed by atoms with Gasteiger partial charge in [0.15, 0.2) is 0 Å². The highest BCUT2D eigenvalue weighted by Gasteiger charge is 2.28. The van der Waals surface area contributed by atoms with Crippen LogP contribution >= 0.6 is 0 Å². The number of likely N-dealkylation sites (N-methyl/N-ethyl adjacent to an activating group) is 1. The van der Waals surface area contributed by atoms with Gasteiger partial charge in [0, 0.05) is 51.0 Å². The first kappa shape index (κ1) is 23.8. The Morgan fingerprint density at radius 2 is 1.82 bits per heavy atom. The van der Waals surface area contributed by atoms with Gasteiger partial charge in [-0.15, -0.1) is 0 Å². The number of anilines is 1. The highest BCUT2D eigenvalue weighted by molar-refractivity contribution is 5.94. The average Bonchev–Trinajstić information content (AvgIpc) is 3.25. The van der Waals surface area contributed by atoms with Gasteiger partial charge in [0.1, 0.15) is 17.3 Å². The van der Waals surface area contributed by atoms with Crippen molar-refractivity contribution in [2.45, 2.75) is 6.54 Å². The van der Waals surface area contributed by atoms with Crippen LogP contribution in [0.4, 0.5) is 14.7 Å². The Morgan fingerprint density at radius 1 is 1.09 bits per heavy atom. The number of hydrogen-bond acceptors (Lipinski definition) is 6. The van der Waals surface area contributed by atoms with Crippen LogP contribution < -0.4 is 4.90 Å². The SMILES string of the molecule is COCCN(Cc1c(-c2ccc(F)cc2)noc1N1CCN(C)CC1)C(=O)c1cccc(F)c1. The molecule has 0 bridgehead atoms. The van der Waals surface area contributed by atoms with E-state index in [1.54, 1.807) is 30.2 Å². The molecule has 1 saturated heterocycles. The minimum Gasteiger partial charge on any atom is -0.383 e. The third kappa shape index (κ3) is 5.43. The fourth-order valence-corrected chi connectivity index (χ4v) is 3.98. The van der Waals surface area contributed by atoms with E-state index in [2.05, 4.69) is 22.0 Å². The Labute approximate surface area is 197 Å². The fourth-order valence-electron chi connectivity index (χ4n) is 3.98. The molecule has 0 spiro atoms. The predicted molar refractivity (Wildman–Crippen MR) is 125 cm³/mol. The zero-order chi connectivity index (χ0) is 24.1. The second-order valence-electron chi connectivity index (χ2n) is 8.34. The van der Waals surface area contributed by atoms with Gasteiger partial charge < -0.3 is 24.0 Å². The molecule has 0 aliphatic carbocycles. The lowest BCUT2D eigenvalue weighted by atomic mass is 10.1. The van der Waals surface area contributed by atoms with E-state index < -0.39 is 5.82 Å². The van der Waals surface area contributed by atoms with Gasteiger partial charge in [0.05, 0.1) is 18.7 Å². The molecule has 7 nitrogen and oxygen atoms in total. The first-order chi connectivity index (χ1) is 16.5. The van der Waals surface area contributed by atoms with Crippen molar-refractivity contribution in [3.05, 3.63) is 71.3 Å². The molecule has 34 heavy (non-hydrogen) atoms. The maximum absolute atomic E-state index is 13.8. The van der Waals surface area contributed by atoms with Gasteiger partial charge in [-0.05, 0) is 49.5 Å². The fraction of sp³-hybridized carbons (Fsp3) is 0.360. The number of benzene rings is 2. The molecule has 1 aliphatic rings. The van der Waals surface area contributed by atoms with Gasteiger partial charge >= 0.3 is 0 Å². The molecule has 9 heteroatoms. The lowest BCUT2D eigenvalue weighted by Gasteiger charge is -2.33. The number of carbonyl (C=O) groups excluding carboxylic acids is 1. The Morgan fingerprint density at radius 3 is 2.50 bits per heavy atom. The summed E-state index contributed by atoms with van der Waals surface area (Å²) in [5.74, 6) is -0.572. The summed E-state index contributed by atoms with van der Waals surface area (Å²) in [6.45, 7) is 4.00. The van der Waals surface area contributed by atoms with Gasteiger partial charge in [-0.2, -0.15) is 0 Å². The molecule has 4 rings (SSSR count). The van der Waals surface area contributed by atoms with Crippen LogP contribution in [-0.4, -0.2) is 74.4 Å². The van der Waals surface area contributed by atoms with E-state index in [9.17, 15) is 13.6 Å². The van der Waals surface area contributed by atoms with E-state index in [1.165, 1.54) is 30.3 Å². The van der Waals surface area contributed by atoms with Crippen LogP contribution in [0, 0.1) is 11.6 Å². The standard InChI is InChI=1S/C25H28F2N4O3/c1-29-10-12-30(13-11-29)25-22(23(28-34-25)18-6-8-20(26)9-7-18)17-31(14-15-33-2)24(32)19-4-3-5-21(27)16-19/h3-9,16H,10-15,17H2,1-2H3. The van der Waals surface area contributed by atoms with Crippen LogP contribution in [0.25, 0.3) is 11.3 Å². The molecule has 0 N–H and O–H groups in total. The highest BCUT2D eigenvalue weighted by atomic mass is 19.1. The van der Waals surface area contributed by atoms with E-state index >= 15 is 0 Å². The molecular formula is C25H28F2N4O3. The summed E-state index contributed by atoms with van der Waals surface area (Å²) in [4.78, 5) is 19.3. The van der Waals surface area contributed by atoms with Crippen LogP contribution in [-0.2, 0) is 11.3 Å². The molecule has 180 valence electrons. The van der Waals surface area contributed by atoms with E-state index in [0.29, 0.717) is 30.3 Å². The van der Waals surface area contributed by atoms with Crippen LogP contribution in [0.1, 0.15) is 15.9 Å². The number of amides is 1. The number of rotatable bonds is 8. The zero-order valence-corrected chi connectivity index (χ0v) is 19.3. The first-order valence-electron chi connectivity index (χ1n) is 11.2. The smallest absolute Gasteiger partial charge is 0.254 e. The lowest BCUT2D eigenvalue weighted by Crippen LogP contribution is -2.45. The highest BCUT2D eigenvalue weighted by Crippen LogP contribution is 2.33. The van der Waals surface area contributed by atoms with Gasteiger partial charge in [-0.3, -0.25) is 4.79 Å². The molecule has 1 aliphatic heterocycles. The Kier molecular flexibility index (Phi) is 7.54. The Balaban J connectivity index is 1.71. The van der Waals surface area contributed by atoms with Crippen molar-refractivity contribution in [2.75, 3.05) is 58.4 Å². The van der Waals surface area contributed by atoms with E-state index in [4.69, 9.17) is 9.26 Å². The number of methoxy groups -OCH3 is 1. The number of hydrogen-bond donors (Lipinski definition) is 0. The zero-order valence-electron chi connectivity index (χ0n) is 19.3. The van der Waals surface area contributed by atoms with Gasteiger partial charge in [0.25, 0.3) is 5.91 Å². The minimum atomic E-state index is -0.479. The first-order valence-corrected chi connectivity index (χ1v) is 11.2. The van der Waals surface area contributed by atoms with Crippen molar-refractivity contribution in [1.82, 2.24) is 15.0 Å². The maximum Gasteiger partial charge on any atom is 0.254 e. The molecule has 1 aromatic heterocycles. The summed E-state index contributed by atoms with van der Waals surface area (Å²) in [7, 11) is 3.62. The van der Waals surface area contributed by atoms with Crippen molar-refractivity contribution in [3.8, 4) is 11.3 Å². The lowest BCUT2D eigenvalue weighted by molar-refractivity contribution is 0.0680. The number of piperazine rings is 1. The van der Waals surface area contributed by atoms with Crippen molar-refractivity contribution in [2.24, 2.45) is 0 Å². The van der Waals surface area contributed by atoms with Gasteiger partial charge in [-0.25, -0.2) is 8.78 Å². The molecule has 2 heterocycles. The number of nitrogens with zero attached hydrogens (tertiary/aromatic N) is 4. The summed E-state index contributed by atoms with van der Waals surface area (Å²) in [5, 5.41) is 4.31. The number of carbonyl (C=O) groups is 1. The molecule has 0 saturated carbocycles. The molecule has 1 fully saturated rings. The molecule has 2 aromatic carbocycles. The van der Waals surface area contributed by atoms with Crippen LogP contribution in [0.3, 0.4) is 0 Å². The molecule has 0 atom stereocenters. The molecule has 0 unspecified atom stereocenters. The van der Waals surface area contributed by atoms with Gasteiger partial charge in [0.2, 0.25) is 5.88 Å². The van der Waals surface area contributed by atoms with E-state index in [0.717, 1.165) is 31.7 Å². The van der Waals surface area contributed by atoms with Crippen molar-refractivity contribution in [3.63, 3.8) is 0 Å². The summed E-state index contributed by atoms with van der Waals surface area (Å²) in [6, 6.07) is 11.6. The second kappa shape index (κ2) is 10.8. The van der Waals surface area contributed by atoms with Crippen LogP contribution in [0.5, 0.6) is 0 Å².